The number of likely N-dealkylation sites (N-methyl/N-ethyl adjacent to an activating group) is 1. The third-order valence-electron chi connectivity index (χ3n) is 2.66. The van der Waals surface area contributed by atoms with Crippen LogP contribution in [0.1, 0.15) is 11.1 Å². The van der Waals surface area contributed by atoms with Crippen LogP contribution in [0.15, 0.2) is 30.3 Å². The van der Waals surface area contributed by atoms with Gasteiger partial charge in [-0.3, -0.25) is 9.59 Å². The Morgan fingerprint density at radius 2 is 1.90 bits per heavy atom. The minimum atomic E-state index is -0.617. The lowest BCUT2D eigenvalue weighted by atomic mass is 10.1. The molecular weight excluding hydrogens is 272 g/mol. The van der Waals surface area contributed by atoms with E-state index in [1.165, 1.54) is 13.1 Å². The second kappa shape index (κ2) is 8.52. The molecule has 0 aliphatic heterocycles. The van der Waals surface area contributed by atoms with Gasteiger partial charge in [0.05, 0.1) is 6.54 Å². The molecule has 0 spiro atoms. The van der Waals surface area contributed by atoms with Crippen molar-refractivity contribution < 1.29 is 19.1 Å². The summed E-state index contributed by atoms with van der Waals surface area (Å²) in [5.74, 6) is -1.47. The average Bonchev–Trinajstić information content (AvgIpc) is 2.49. The topological polar surface area (TPSA) is 84.5 Å². The van der Waals surface area contributed by atoms with Crippen LogP contribution in [0.3, 0.4) is 0 Å². The molecule has 2 amide bonds. The summed E-state index contributed by atoms with van der Waals surface area (Å²) in [6.45, 7) is 1.36. The molecule has 0 unspecified atom stereocenters. The Morgan fingerprint density at radius 1 is 1.19 bits per heavy atom. The Kier molecular flexibility index (Phi) is 6.67. The minimum Gasteiger partial charge on any atom is -0.452 e. The number of amides is 2. The molecule has 21 heavy (non-hydrogen) atoms. The number of carbonyl (C=O) groups excluding carboxylic acids is 3. The third kappa shape index (κ3) is 6.38. The van der Waals surface area contributed by atoms with Crippen LogP contribution in [0.2, 0.25) is 0 Å². The van der Waals surface area contributed by atoms with Gasteiger partial charge in [-0.05, 0) is 24.1 Å². The van der Waals surface area contributed by atoms with Crippen molar-refractivity contribution in [1.29, 1.82) is 0 Å². The lowest BCUT2D eigenvalue weighted by Gasteiger charge is -2.04. The number of hydrogen-bond acceptors (Lipinski definition) is 4. The van der Waals surface area contributed by atoms with E-state index in [9.17, 15) is 14.4 Å². The summed E-state index contributed by atoms with van der Waals surface area (Å²) in [4.78, 5) is 33.7. The molecule has 0 fully saturated rings. The van der Waals surface area contributed by atoms with Gasteiger partial charge in [0.25, 0.3) is 5.91 Å². The molecule has 0 radical (unpaired) electrons. The molecule has 2 N–H and O–H groups in total. The smallest absolute Gasteiger partial charge is 0.331 e. The molecule has 0 heterocycles. The van der Waals surface area contributed by atoms with Crippen LogP contribution in [0.5, 0.6) is 0 Å². The maximum Gasteiger partial charge on any atom is 0.331 e. The van der Waals surface area contributed by atoms with Crippen LogP contribution in [-0.4, -0.2) is 38.0 Å². The van der Waals surface area contributed by atoms with E-state index < -0.39 is 18.5 Å². The highest BCUT2D eigenvalue weighted by Crippen LogP contribution is 2.08. The van der Waals surface area contributed by atoms with Crippen LogP contribution in [0, 0.1) is 6.92 Å². The predicted octanol–water partition coefficient (Wildman–Crippen LogP) is 0.414. The molecule has 0 aliphatic carbocycles. The number of carbonyl (C=O) groups is 3. The maximum absolute atomic E-state index is 11.5. The Balaban J connectivity index is 2.36. The zero-order valence-electron chi connectivity index (χ0n) is 12.0. The van der Waals surface area contributed by atoms with Gasteiger partial charge in [-0.15, -0.1) is 0 Å². The third-order valence-corrected chi connectivity index (χ3v) is 2.66. The van der Waals surface area contributed by atoms with Crippen molar-refractivity contribution in [3.8, 4) is 0 Å². The second-order valence-corrected chi connectivity index (χ2v) is 4.25. The van der Waals surface area contributed by atoms with Gasteiger partial charge in [0.15, 0.2) is 6.61 Å². The summed E-state index contributed by atoms with van der Waals surface area (Å²) < 4.78 is 4.76. The van der Waals surface area contributed by atoms with E-state index in [4.69, 9.17) is 4.74 Å². The highest BCUT2D eigenvalue weighted by atomic mass is 16.5. The van der Waals surface area contributed by atoms with Crippen molar-refractivity contribution in [3.05, 3.63) is 41.5 Å². The molecule has 0 aliphatic rings. The van der Waals surface area contributed by atoms with Gasteiger partial charge in [-0.1, -0.05) is 24.3 Å². The number of benzene rings is 1. The van der Waals surface area contributed by atoms with Crippen molar-refractivity contribution in [3.63, 3.8) is 0 Å². The van der Waals surface area contributed by atoms with E-state index in [0.29, 0.717) is 0 Å². The van der Waals surface area contributed by atoms with Gasteiger partial charge in [0.1, 0.15) is 0 Å². The van der Waals surface area contributed by atoms with E-state index in [-0.39, 0.29) is 12.5 Å². The van der Waals surface area contributed by atoms with Crippen LogP contribution in [0.25, 0.3) is 6.08 Å². The number of aryl methyl sites for hydroxylation is 1. The van der Waals surface area contributed by atoms with Crippen LogP contribution in [0.4, 0.5) is 0 Å². The number of rotatable bonds is 6. The molecule has 0 saturated heterocycles. The average molecular weight is 290 g/mol. The minimum absolute atomic E-state index is 0.147. The highest BCUT2D eigenvalue weighted by molar-refractivity contribution is 5.90. The summed E-state index contributed by atoms with van der Waals surface area (Å²) in [6, 6.07) is 7.57. The summed E-state index contributed by atoms with van der Waals surface area (Å²) in [5, 5.41) is 4.68. The van der Waals surface area contributed by atoms with E-state index >= 15 is 0 Å². The van der Waals surface area contributed by atoms with Gasteiger partial charge in [0.2, 0.25) is 5.91 Å². The first-order valence-electron chi connectivity index (χ1n) is 6.40. The summed E-state index contributed by atoms with van der Waals surface area (Å²) in [6.07, 6.45) is 2.88. The van der Waals surface area contributed by atoms with Crippen molar-refractivity contribution in [1.82, 2.24) is 10.6 Å². The Bertz CT molecular complexity index is 552. The van der Waals surface area contributed by atoms with Crippen LogP contribution >= 0.6 is 0 Å². The first kappa shape index (κ1) is 16.4. The highest BCUT2D eigenvalue weighted by Gasteiger charge is 2.06. The Hall–Kier alpha value is -2.63. The molecule has 6 heteroatoms. The number of esters is 1. The molecule has 0 bridgehead atoms. The SMILES string of the molecule is CNC(=O)CNC(=O)COC(=O)/C=C/c1ccccc1C. The normalized spacial score (nSPS) is 10.2. The van der Waals surface area contributed by atoms with Gasteiger partial charge in [-0.2, -0.15) is 0 Å². The monoisotopic (exact) mass is 290 g/mol. The van der Waals surface area contributed by atoms with Crippen molar-refractivity contribution in [2.75, 3.05) is 20.2 Å². The molecule has 0 saturated carbocycles. The molecular formula is C15H18N2O4. The van der Waals surface area contributed by atoms with Crippen molar-refractivity contribution in [2.24, 2.45) is 0 Å². The first-order chi connectivity index (χ1) is 10.0. The summed E-state index contributed by atoms with van der Waals surface area (Å²) in [5.41, 5.74) is 1.93. The fourth-order valence-corrected chi connectivity index (χ4v) is 1.43. The van der Waals surface area contributed by atoms with Crippen LogP contribution in [-0.2, 0) is 19.1 Å². The number of ether oxygens (including phenoxy) is 1. The lowest BCUT2D eigenvalue weighted by molar-refractivity contribution is -0.143. The van der Waals surface area contributed by atoms with Gasteiger partial charge < -0.3 is 15.4 Å². The summed E-state index contributed by atoms with van der Waals surface area (Å²) >= 11 is 0. The molecule has 0 atom stereocenters. The Labute approximate surface area is 123 Å². The molecule has 1 aromatic carbocycles. The van der Waals surface area contributed by atoms with Gasteiger partial charge in [0, 0.05) is 13.1 Å². The molecule has 0 aromatic heterocycles. The Morgan fingerprint density at radius 3 is 2.57 bits per heavy atom. The first-order valence-corrected chi connectivity index (χ1v) is 6.40. The summed E-state index contributed by atoms with van der Waals surface area (Å²) in [7, 11) is 1.46. The van der Waals surface area contributed by atoms with Crippen molar-refractivity contribution in [2.45, 2.75) is 6.92 Å². The standard InChI is InChI=1S/C15H18N2O4/c1-11-5-3-4-6-12(11)7-8-15(20)21-10-14(19)17-9-13(18)16-2/h3-8H,9-10H2,1-2H3,(H,16,18)(H,17,19)/b8-7+. The van der Waals surface area contributed by atoms with Crippen LogP contribution < -0.4 is 10.6 Å². The zero-order chi connectivity index (χ0) is 15.7. The lowest BCUT2D eigenvalue weighted by Crippen LogP contribution is -2.37. The fourth-order valence-electron chi connectivity index (χ4n) is 1.43. The van der Waals surface area contributed by atoms with Crippen molar-refractivity contribution >= 4 is 23.9 Å². The fraction of sp³-hybridized carbons (Fsp3) is 0.267. The molecule has 1 aromatic rings. The van der Waals surface area contributed by atoms with Gasteiger partial charge in [-0.25, -0.2) is 4.79 Å². The largest absolute Gasteiger partial charge is 0.452 e. The quantitative estimate of drug-likeness (QED) is 0.587. The van der Waals surface area contributed by atoms with E-state index in [0.717, 1.165) is 11.1 Å². The number of hydrogen-bond donors (Lipinski definition) is 2. The second-order valence-electron chi connectivity index (χ2n) is 4.25. The van der Waals surface area contributed by atoms with Gasteiger partial charge >= 0.3 is 5.97 Å². The van der Waals surface area contributed by atoms with E-state index in [1.54, 1.807) is 6.08 Å². The molecule has 112 valence electrons. The maximum atomic E-state index is 11.5. The zero-order valence-corrected chi connectivity index (χ0v) is 12.0. The molecule has 6 nitrogen and oxygen atoms in total. The predicted molar refractivity (Wildman–Crippen MR) is 78.2 cm³/mol. The number of nitrogens with one attached hydrogen (secondary N) is 2. The van der Waals surface area contributed by atoms with E-state index in [1.807, 2.05) is 31.2 Å². The van der Waals surface area contributed by atoms with E-state index in [2.05, 4.69) is 10.6 Å². The molecule has 1 rings (SSSR count).